The van der Waals surface area contributed by atoms with Crippen LogP contribution in [0, 0.1) is 0 Å². The van der Waals surface area contributed by atoms with Crippen LogP contribution in [-0.4, -0.2) is 69.3 Å². The van der Waals surface area contributed by atoms with Crippen LogP contribution in [0.3, 0.4) is 0 Å². The van der Waals surface area contributed by atoms with Gasteiger partial charge in [-0.05, 0) is 41.4 Å². The molecule has 4 rings (SSSR count). The van der Waals surface area contributed by atoms with Crippen molar-refractivity contribution < 1.29 is 38.0 Å². The third-order valence-corrected chi connectivity index (χ3v) is 14.0. The molecule has 0 bridgehead atoms. The average Bonchev–Trinajstić information content (AvgIpc) is 3.06. The lowest BCUT2D eigenvalue weighted by Gasteiger charge is -2.49. The molecule has 47 heavy (non-hydrogen) atoms. The Kier molecular flexibility index (Phi) is 13.7. The molecule has 0 aliphatic carbocycles. The number of hydrogen-bond acceptors (Lipinski definition) is 9. The molecule has 0 spiro atoms. The summed E-state index contributed by atoms with van der Waals surface area (Å²) in [5.74, 6) is 0.559. The van der Waals surface area contributed by atoms with Crippen LogP contribution in [-0.2, 0) is 34.7 Å². The maximum atomic E-state index is 13.1. The quantitative estimate of drug-likeness (QED) is 0.0743. The topological polar surface area (TPSA) is 92.7 Å². The van der Waals surface area contributed by atoms with Gasteiger partial charge in [0, 0.05) is 10.6 Å². The van der Waals surface area contributed by atoms with Crippen LogP contribution in [0.2, 0.25) is 18.1 Å². The lowest BCUT2D eigenvalue weighted by molar-refractivity contribution is -0.306. The van der Waals surface area contributed by atoms with Gasteiger partial charge >= 0.3 is 6.16 Å². The van der Waals surface area contributed by atoms with Crippen LogP contribution in [0.4, 0.5) is 4.79 Å². The van der Waals surface area contributed by atoms with Gasteiger partial charge in [-0.1, -0.05) is 112 Å². The zero-order valence-corrected chi connectivity index (χ0v) is 29.8. The first-order valence-corrected chi connectivity index (χ1v) is 19.8. The Bertz CT molecular complexity index is 1370. The van der Waals surface area contributed by atoms with Crippen molar-refractivity contribution in [2.45, 2.75) is 87.2 Å². The lowest BCUT2D eigenvalue weighted by Crippen LogP contribution is -2.64. The first-order chi connectivity index (χ1) is 22.5. The van der Waals surface area contributed by atoms with Gasteiger partial charge in [0.25, 0.3) is 0 Å². The molecule has 1 aliphatic heterocycles. The zero-order chi connectivity index (χ0) is 33.9. The van der Waals surface area contributed by atoms with E-state index in [2.05, 4.69) is 52.6 Å². The molecule has 6 atom stereocenters. The number of aliphatic hydroxyl groups excluding tert-OH is 1. The Morgan fingerprint density at radius 2 is 1.57 bits per heavy atom. The third kappa shape index (κ3) is 10.5. The van der Waals surface area contributed by atoms with Crippen LogP contribution < -0.4 is 0 Å². The first-order valence-electron chi connectivity index (χ1n) is 15.9. The molecule has 10 heteroatoms. The molecule has 0 amide bonds. The van der Waals surface area contributed by atoms with Gasteiger partial charge in [-0.3, -0.25) is 0 Å². The van der Waals surface area contributed by atoms with Crippen molar-refractivity contribution in [1.29, 1.82) is 0 Å². The van der Waals surface area contributed by atoms with E-state index in [1.807, 2.05) is 78.9 Å². The normalized spacial score (nSPS) is 22.3. The maximum Gasteiger partial charge on any atom is 0.509 e. The van der Waals surface area contributed by atoms with Crippen molar-refractivity contribution in [3.8, 4) is 0 Å². The maximum absolute atomic E-state index is 13.1. The summed E-state index contributed by atoms with van der Waals surface area (Å²) < 4.78 is 38.1. The molecule has 3 aromatic rings. The summed E-state index contributed by atoms with van der Waals surface area (Å²) in [5.41, 5.74) is 1.86. The number of carbonyl (C=O) groups excluding carboxylic acids is 1. The van der Waals surface area contributed by atoms with Gasteiger partial charge < -0.3 is 33.2 Å². The fourth-order valence-corrected chi connectivity index (χ4v) is 6.95. The van der Waals surface area contributed by atoms with E-state index in [1.165, 1.54) is 6.08 Å². The Morgan fingerprint density at radius 3 is 2.17 bits per heavy atom. The molecule has 1 saturated heterocycles. The number of rotatable bonds is 15. The number of hydrogen-bond donors (Lipinski definition) is 1. The van der Waals surface area contributed by atoms with Gasteiger partial charge in [-0.15, -0.1) is 11.8 Å². The molecule has 254 valence electrons. The SMILES string of the molecule is C=CCOC(=O)O[C@@H]1[C@@H](O[C@H](CSc2ccccc2)c2ccccc2)[C@H](O[Si](C)(C)C(C)(C)C)O[C@H](CO)[C@H]1OCc1ccccc1. The lowest BCUT2D eigenvalue weighted by atomic mass is 9.97. The van der Waals surface area contributed by atoms with Crippen LogP contribution in [0.1, 0.15) is 38.0 Å². The van der Waals surface area contributed by atoms with Crippen molar-refractivity contribution in [3.63, 3.8) is 0 Å². The molecule has 0 saturated carbocycles. The van der Waals surface area contributed by atoms with Gasteiger partial charge in [0.1, 0.15) is 24.9 Å². The average molecular weight is 681 g/mol. The monoisotopic (exact) mass is 680 g/mol. The van der Waals surface area contributed by atoms with Gasteiger partial charge in [0.05, 0.1) is 19.3 Å². The number of thioether (sulfide) groups is 1. The molecule has 8 nitrogen and oxygen atoms in total. The molecular weight excluding hydrogens is 633 g/mol. The molecule has 1 heterocycles. The number of aliphatic hydroxyl groups is 1. The standard InChI is InChI=1S/C37H48O8SSi/c1-7-23-40-36(39)44-33-32(41-25-27-17-11-8-12-18-27)30(24-38)43-35(45-47(5,6)37(2,3)4)34(33)42-31(28-19-13-9-14-20-28)26-46-29-21-15-10-16-22-29/h7-22,30-35,38H,1,23-26H2,2-6H3/t30-,31-,32-,33+,34-,35+/m1/s1. The predicted octanol–water partition coefficient (Wildman–Crippen LogP) is 7.94. The third-order valence-electron chi connectivity index (χ3n) is 8.46. The summed E-state index contributed by atoms with van der Waals surface area (Å²) in [6.45, 7) is 14.1. The van der Waals surface area contributed by atoms with Gasteiger partial charge in [0.15, 0.2) is 20.7 Å². The zero-order valence-electron chi connectivity index (χ0n) is 28.0. The summed E-state index contributed by atoms with van der Waals surface area (Å²) in [6, 6.07) is 29.7. The fourth-order valence-electron chi connectivity index (χ4n) is 4.87. The van der Waals surface area contributed by atoms with Crippen molar-refractivity contribution in [2.24, 2.45) is 0 Å². The van der Waals surface area contributed by atoms with E-state index >= 15 is 0 Å². The first kappa shape index (κ1) is 36.9. The highest BCUT2D eigenvalue weighted by molar-refractivity contribution is 7.99. The summed E-state index contributed by atoms with van der Waals surface area (Å²) in [5, 5.41) is 10.4. The molecule has 3 aromatic carbocycles. The summed E-state index contributed by atoms with van der Waals surface area (Å²) in [7, 11) is -2.48. The molecular formula is C37H48O8SSi. The van der Waals surface area contributed by atoms with Crippen molar-refractivity contribution in [2.75, 3.05) is 19.0 Å². The number of ether oxygens (including phenoxy) is 5. The molecule has 1 aliphatic rings. The minimum Gasteiger partial charge on any atom is -0.430 e. The minimum absolute atomic E-state index is 0.0310. The number of benzene rings is 3. The van der Waals surface area contributed by atoms with E-state index in [0.717, 1.165) is 16.0 Å². The molecule has 0 unspecified atom stereocenters. The Morgan fingerprint density at radius 1 is 0.957 bits per heavy atom. The fraction of sp³-hybridized carbons (Fsp3) is 0.432. The Labute approximate surface area is 284 Å². The number of carbonyl (C=O) groups is 1. The summed E-state index contributed by atoms with van der Waals surface area (Å²) in [6.07, 6.45) is -4.63. The second kappa shape index (κ2) is 17.4. The molecule has 1 fully saturated rings. The van der Waals surface area contributed by atoms with Crippen LogP contribution in [0.25, 0.3) is 0 Å². The molecule has 1 N–H and O–H groups in total. The van der Waals surface area contributed by atoms with Crippen molar-refractivity contribution >= 4 is 26.2 Å². The Balaban J connectivity index is 1.75. The second-order valence-electron chi connectivity index (χ2n) is 12.9. The smallest absolute Gasteiger partial charge is 0.430 e. The van der Waals surface area contributed by atoms with Gasteiger partial charge in [0.2, 0.25) is 0 Å². The summed E-state index contributed by atoms with van der Waals surface area (Å²) >= 11 is 1.66. The van der Waals surface area contributed by atoms with E-state index in [1.54, 1.807) is 11.8 Å². The highest BCUT2D eigenvalue weighted by Crippen LogP contribution is 2.41. The van der Waals surface area contributed by atoms with Crippen molar-refractivity contribution in [3.05, 3.63) is 115 Å². The van der Waals surface area contributed by atoms with Gasteiger partial charge in [-0.25, -0.2) is 4.79 Å². The van der Waals surface area contributed by atoms with Gasteiger partial charge in [-0.2, -0.15) is 0 Å². The van der Waals surface area contributed by atoms with E-state index in [0.29, 0.717) is 5.75 Å². The van der Waals surface area contributed by atoms with E-state index < -0.39 is 57.9 Å². The van der Waals surface area contributed by atoms with Crippen LogP contribution >= 0.6 is 11.8 Å². The summed E-state index contributed by atoms with van der Waals surface area (Å²) in [4.78, 5) is 14.2. The molecule has 0 radical (unpaired) electrons. The molecule has 0 aromatic heterocycles. The largest absolute Gasteiger partial charge is 0.509 e. The van der Waals surface area contributed by atoms with Crippen molar-refractivity contribution in [1.82, 2.24) is 0 Å². The van der Waals surface area contributed by atoms with E-state index in [4.69, 9.17) is 28.1 Å². The predicted molar refractivity (Wildman–Crippen MR) is 187 cm³/mol. The van der Waals surface area contributed by atoms with Crippen LogP contribution in [0.15, 0.2) is 109 Å². The van der Waals surface area contributed by atoms with Crippen LogP contribution in [0.5, 0.6) is 0 Å². The highest BCUT2D eigenvalue weighted by Gasteiger charge is 2.53. The second-order valence-corrected chi connectivity index (χ2v) is 18.8. The minimum atomic E-state index is -2.48. The van der Waals surface area contributed by atoms with E-state index in [-0.39, 0.29) is 18.3 Å². The Hall–Kier alpha value is -2.96. The highest BCUT2D eigenvalue weighted by atomic mass is 32.2. The van der Waals surface area contributed by atoms with E-state index in [9.17, 15) is 9.90 Å².